The van der Waals surface area contributed by atoms with Crippen molar-refractivity contribution in [2.75, 3.05) is 64.7 Å². The van der Waals surface area contributed by atoms with E-state index >= 15 is 0 Å². The number of phosphoric acid groups is 1. The number of anilines is 1. The van der Waals surface area contributed by atoms with Gasteiger partial charge in [0.2, 0.25) is 6.29 Å². The Morgan fingerprint density at radius 3 is 1.67 bits per heavy atom. The molecule has 0 bridgehead atoms. The number of amides is 1. The Hall–Kier alpha value is -3.69. The number of aliphatic hydroxyl groups is 4. The number of rotatable bonds is 53. The van der Waals surface area contributed by atoms with Crippen LogP contribution in [0.4, 0.5) is 10.5 Å². The first-order valence-electron chi connectivity index (χ1n) is 33.3. The number of phosphoric ester groups is 1. The largest absolute Gasteiger partial charge is 0.472 e. The van der Waals surface area contributed by atoms with Crippen LogP contribution in [0.2, 0.25) is 0 Å². The number of nitrogens with one attached hydrogen (secondary N) is 3. The molecule has 0 aliphatic heterocycles. The zero-order chi connectivity index (χ0) is 64.9. The molecule has 1 aromatic carbocycles. The summed E-state index contributed by atoms with van der Waals surface area (Å²) >= 11 is 5.51. The standard InChI is InChI=1S/C67H118N3O16PS/c1-8-10-12-14-16-18-20-22-24-26-28-30-32-34-36-38-58(72)81-47-56(85-59(73)39-37-35-33-31-29-27-25-23-21-19-17-15-13-11-9-2)48-84-87(78,79)83-45-44-68-65(77)82-52-67(6,7)51-80-50-66(4,5)49-69-64(88)70-54-40-42-55(43-41-54)86-63(76)60-61(74)53(3)57(46-71)62(60)75/h22-25,40-43,53,56-57,60-63,71,74-76H,8-21,26-39,44-52H2,1-7H3,(H,68,77)(H,78,79)(H2,69,70,88)/b24-22-,25-23-/t53-,56?,57?,60?,61?,62?,63-/m1/s1. The number of unbranched alkanes of at least 4 members (excludes halogenated alkanes) is 22. The van der Waals surface area contributed by atoms with Crippen molar-refractivity contribution in [3.8, 4) is 5.75 Å². The highest BCUT2D eigenvalue weighted by molar-refractivity contribution is 7.80. The minimum Gasteiger partial charge on any atom is -0.465 e. The van der Waals surface area contributed by atoms with Crippen LogP contribution < -0.4 is 20.7 Å². The molecule has 8 atom stereocenters. The summed E-state index contributed by atoms with van der Waals surface area (Å²) in [7, 11) is -4.70. The summed E-state index contributed by atoms with van der Waals surface area (Å²) in [5.74, 6) is -2.62. The summed E-state index contributed by atoms with van der Waals surface area (Å²) in [6, 6.07) is 6.64. The van der Waals surface area contributed by atoms with Crippen LogP contribution >= 0.6 is 20.0 Å². The van der Waals surface area contributed by atoms with Gasteiger partial charge in [-0.25, -0.2) is 9.36 Å². The number of benzene rings is 1. The maximum atomic E-state index is 13.0. The fourth-order valence-electron chi connectivity index (χ4n) is 10.2. The third kappa shape index (κ3) is 39.5. The van der Waals surface area contributed by atoms with E-state index in [1.165, 1.54) is 77.0 Å². The molecule has 88 heavy (non-hydrogen) atoms. The summed E-state index contributed by atoms with van der Waals surface area (Å²) in [4.78, 5) is 48.8. The Kier molecular flexibility index (Phi) is 44.0. The molecule has 1 amide bonds. The molecule has 0 aromatic heterocycles. The zero-order valence-corrected chi connectivity index (χ0v) is 56.6. The minimum absolute atomic E-state index is 0.00403. The highest BCUT2D eigenvalue weighted by atomic mass is 32.1. The molecule has 1 aliphatic rings. The highest BCUT2D eigenvalue weighted by Crippen LogP contribution is 2.43. The third-order valence-corrected chi connectivity index (χ3v) is 17.0. The van der Waals surface area contributed by atoms with Gasteiger partial charge in [-0.1, -0.05) is 176 Å². The summed E-state index contributed by atoms with van der Waals surface area (Å²) in [6.45, 7) is 13.2. The summed E-state index contributed by atoms with van der Waals surface area (Å²) in [6.07, 6.45) is 33.4. The van der Waals surface area contributed by atoms with Gasteiger partial charge >= 0.3 is 25.9 Å². The monoisotopic (exact) mass is 1280 g/mol. The topological polar surface area (TPSA) is 270 Å². The van der Waals surface area contributed by atoms with Crippen molar-refractivity contribution in [2.24, 2.45) is 28.6 Å². The fraction of sp³-hybridized carbons (Fsp3) is 0.791. The molecule has 1 aliphatic carbocycles. The van der Waals surface area contributed by atoms with Crippen LogP contribution in [0.3, 0.4) is 0 Å². The lowest BCUT2D eigenvalue weighted by Crippen LogP contribution is -2.40. The quantitative estimate of drug-likeness (QED) is 0.00573. The van der Waals surface area contributed by atoms with E-state index in [1.54, 1.807) is 31.2 Å². The molecule has 0 radical (unpaired) electrons. The SMILES string of the molecule is CCCCCCCC/C=C\CCCCCCCC(=O)OCC(COP(=O)(O)OCCNC(=O)OCC(C)(C)COCC(C)(C)CNC(=S)Nc1ccc(O[C@@H](O)C2C(O)C(CO)[C@@H](C)C2O)cc1)OC(=O)CCCCCCC/C=C\CCCCCCCC. The first-order chi connectivity index (χ1) is 42.1. The van der Waals surface area contributed by atoms with E-state index in [0.29, 0.717) is 42.5 Å². The van der Waals surface area contributed by atoms with Crippen molar-refractivity contribution in [2.45, 2.75) is 253 Å². The minimum atomic E-state index is -4.70. The Bertz CT molecular complexity index is 2120. The molecule has 21 heteroatoms. The lowest BCUT2D eigenvalue weighted by Gasteiger charge is -2.29. The number of allylic oxidation sites excluding steroid dienone is 4. The molecule has 0 spiro atoms. The zero-order valence-electron chi connectivity index (χ0n) is 54.9. The van der Waals surface area contributed by atoms with Gasteiger partial charge in [-0.05, 0) is 107 Å². The van der Waals surface area contributed by atoms with Gasteiger partial charge in [0.05, 0.1) is 44.6 Å². The van der Waals surface area contributed by atoms with Gasteiger partial charge < -0.3 is 65.0 Å². The van der Waals surface area contributed by atoms with Gasteiger partial charge in [0, 0.05) is 55.0 Å². The Balaban J connectivity index is 1.72. The lowest BCUT2D eigenvalue weighted by atomic mass is 9.93. The first-order valence-corrected chi connectivity index (χ1v) is 35.2. The van der Waals surface area contributed by atoms with Gasteiger partial charge in [0.15, 0.2) is 11.2 Å². The molecule has 1 fully saturated rings. The molecule has 0 saturated heterocycles. The van der Waals surface area contributed by atoms with E-state index in [2.05, 4.69) is 54.1 Å². The Labute approximate surface area is 534 Å². The van der Waals surface area contributed by atoms with Gasteiger partial charge in [-0.3, -0.25) is 18.6 Å². The van der Waals surface area contributed by atoms with E-state index in [-0.39, 0.29) is 51.2 Å². The van der Waals surface area contributed by atoms with Crippen LogP contribution in [0, 0.1) is 28.6 Å². The van der Waals surface area contributed by atoms with Gasteiger partial charge in [0.1, 0.15) is 19.0 Å². The number of hydrogen-bond acceptors (Lipinski definition) is 16. The number of alkyl carbamates (subject to hydrolysis) is 1. The second-order valence-corrected chi connectivity index (χ2v) is 27.4. The first kappa shape index (κ1) is 80.4. The maximum Gasteiger partial charge on any atom is 0.472 e. The molecule has 508 valence electrons. The smallest absolute Gasteiger partial charge is 0.465 e. The highest BCUT2D eigenvalue weighted by Gasteiger charge is 2.50. The molecular weight excluding hydrogens is 1170 g/mol. The Morgan fingerprint density at radius 1 is 0.648 bits per heavy atom. The van der Waals surface area contributed by atoms with Crippen LogP contribution in [0.15, 0.2) is 48.6 Å². The second kappa shape index (κ2) is 48.1. The van der Waals surface area contributed by atoms with Crippen LogP contribution in [-0.2, 0) is 42.1 Å². The van der Waals surface area contributed by atoms with Crippen molar-refractivity contribution >= 4 is 48.9 Å². The van der Waals surface area contributed by atoms with Crippen molar-refractivity contribution in [1.29, 1.82) is 0 Å². The molecular formula is C67H118N3O16PS. The fourth-order valence-corrected chi connectivity index (χ4v) is 11.1. The van der Waals surface area contributed by atoms with Gasteiger partial charge in [0.25, 0.3) is 0 Å². The van der Waals surface area contributed by atoms with Crippen molar-refractivity contribution in [3.63, 3.8) is 0 Å². The van der Waals surface area contributed by atoms with Crippen LogP contribution in [0.25, 0.3) is 0 Å². The number of carbonyl (C=O) groups is 3. The van der Waals surface area contributed by atoms with E-state index < -0.39 is 86.8 Å². The van der Waals surface area contributed by atoms with E-state index in [9.17, 15) is 44.3 Å². The van der Waals surface area contributed by atoms with Crippen LogP contribution in [0.1, 0.15) is 228 Å². The second-order valence-electron chi connectivity index (χ2n) is 25.5. The maximum absolute atomic E-state index is 13.0. The Morgan fingerprint density at radius 2 is 1.15 bits per heavy atom. The third-order valence-electron chi connectivity index (χ3n) is 15.7. The van der Waals surface area contributed by atoms with Crippen LogP contribution in [0.5, 0.6) is 5.75 Å². The number of carbonyl (C=O) groups excluding carboxylic acids is 3. The molecule has 8 N–H and O–H groups in total. The number of hydrogen-bond donors (Lipinski definition) is 8. The number of thiocarbonyl (C=S) groups is 1. The van der Waals surface area contributed by atoms with E-state index in [0.717, 1.165) is 77.0 Å². The normalized spacial score (nSPS) is 18.5. The van der Waals surface area contributed by atoms with Crippen molar-refractivity contribution < 1.29 is 77.0 Å². The van der Waals surface area contributed by atoms with Crippen LogP contribution in [-0.4, -0.2) is 132 Å². The predicted molar refractivity (Wildman–Crippen MR) is 352 cm³/mol. The number of ether oxygens (including phenoxy) is 5. The predicted octanol–water partition coefficient (Wildman–Crippen LogP) is 13.7. The molecule has 1 aromatic rings. The average Bonchev–Trinajstić information content (AvgIpc) is 2.03. The summed E-state index contributed by atoms with van der Waals surface area (Å²) < 4.78 is 51.4. The average molecular weight is 1280 g/mol. The van der Waals surface area contributed by atoms with E-state index in [1.807, 2.05) is 27.7 Å². The van der Waals surface area contributed by atoms with Gasteiger partial charge in [-0.2, -0.15) is 0 Å². The van der Waals surface area contributed by atoms with Gasteiger partial charge in [-0.15, -0.1) is 0 Å². The number of esters is 2. The lowest BCUT2D eigenvalue weighted by molar-refractivity contribution is -0.161. The molecule has 0 heterocycles. The molecule has 2 rings (SSSR count). The summed E-state index contributed by atoms with van der Waals surface area (Å²) in [5.41, 5.74) is -0.288. The molecule has 6 unspecified atom stereocenters. The molecule has 19 nitrogen and oxygen atoms in total. The van der Waals surface area contributed by atoms with E-state index in [4.69, 9.17) is 44.9 Å². The molecule has 1 saturated carbocycles. The van der Waals surface area contributed by atoms with Crippen molar-refractivity contribution in [1.82, 2.24) is 10.6 Å². The number of aliphatic hydroxyl groups excluding tert-OH is 4. The van der Waals surface area contributed by atoms with Crippen molar-refractivity contribution in [3.05, 3.63) is 48.6 Å². The summed E-state index contributed by atoms with van der Waals surface area (Å²) in [5, 5.41) is 50.5.